The molecule has 1 unspecified atom stereocenters. The van der Waals surface area contributed by atoms with Gasteiger partial charge in [-0.2, -0.15) is 0 Å². The molecule has 2 aromatic rings. The van der Waals surface area contributed by atoms with Gasteiger partial charge in [0, 0.05) is 16.7 Å². The third-order valence-corrected chi connectivity index (χ3v) is 4.97. The maximum atomic E-state index is 13.3. The van der Waals surface area contributed by atoms with Crippen LogP contribution >= 0.6 is 0 Å². The number of hydrogen-bond donors (Lipinski definition) is 2. The van der Waals surface area contributed by atoms with E-state index in [0.29, 0.717) is 28.3 Å². The van der Waals surface area contributed by atoms with E-state index in [1.165, 1.54) is 24.1 Å². The zero-order valence-corrected chi connectivity index (χ0v) is 18.7. The lowest BCUT2D eigenvalue weighted by Crippen LogP contribution is -2.41. The first-order valence-electron chi connectivity index (χ1n) is 10.3. The Morgan fingerprint density at radius 2 is 1.81 bits per heavy atom. The molecule has 0 radical (unpaired) electrons. The molecule has 1 aliphatic rings. The molecule has 0 bridgehead atoms. The molecule has 0 fully saturated rings. The Kier molecular flexibility index (Phi) is 6.96. The van der Waals surface area contributed by atoms with Crippen molar-refractivity contribution in [2.24, 2.45) is 4.99 Å². The van der Waals surface area contributed by atoms with Gasteiger partial charge in [0.05, 0.1) is 26.9 Å². The number of methoxy groups -OCH3 is 1. The zero-order chi connectivity index (χ0) is 23.5. The molecule has 0 aliphatic carbocycles. The van der Waals surface area contributed by atoms with E-state index in [1.807, 2.05) is 30.3 Å². The average molecular weight is 440 g/mol. The monoisotopic (exact) mass is 440 g/mol. The van der Waals surface area contributed by atoms with Crippen LogP contribution in [0.2, 0.25) is 0 Å². The third kappa shape index (κ3) is 4.98. The van der Waals surface area contributed by atoms with Crippen molar-refractivity contribution in [2.45, 2.75) is 45.6 Å². The molecule has 170 valence electrons. The summed E-state index contributed by atoms with van der Waals surface area (Å²) < 4.78 is 10.8. The number of amides is 1. The quantitative estimate of drug-likeness (QED) is 0.669. The molecule has 1 atom stereocenters. The molecule has 0 saturated carbocycles. The van der Waals surface area contributed by atoms with E-state index >= 15 is 0 Å². The van der Waals surface area contributed by atoms with Crippen LogP contribution in [0.3, 0.4) is 0 Å². The number of ether oxygens (including phenoxy) is 2. The van der Waals surface area contributed by atoms with Crippen LogP contribution in [0.4, 0.5) is 4.79 Å². The van der Waals surface area contributed by atoms with Gasteiger partial charge >= 0.3 is 6.09 Å². The van der Waals surface area contributed by atoms with Crippen molar-refractivity contribution >= 4 is 17.7 Å². The highest BCUT2D eigenvalue weighted by Gasteiger charge is 2.37. The summed E-state index contributed by atoms with van der Waals surface area (Å²) in [6.45, 7) is 4.65. The second kappa shape index (κ2) is 9.50. The van der Waals surface area contributed by atoms with Gasteiger partial charge in [0.2, 0.25) is 0 Å². The lowest BCUT2D eigenvalue weighted by Gasteiger charge is -2.25. The number of carbonyl (C=O) groups excluding carboxylic acids is 2. The van der Waals surface area contributed by atoms with Gasteiger partial charge < -0.3 is 19.7 Å². The Morgan fingerprint density at radius 1 is 1.12 bits per heavy atom. The van der Waals surface area contributed by atoms with Crippen molar-refractivity contribution in [3.8, 4) is 5.75 Å². The fraction of sp³-hybridized carbons (Fsp3) is 0.375. The molecular weight excluding hydrogens is 412 g/mol. The van der Waals surface area contributed by atoms with Gasteiger partial charge in [0.15, 0.2) is 5.78 Å². The van der Waals surface area contributed by atoms with Crippen LogP contribution in [0.1, 0.15) is 47.8 Å². The summed E-state index contributed by atoms with van der Waals surface area (Å²) in [6, 6.07) is 11.3. The average Bonchev–Trinajstić information content (AvgIpc) is 3.22. The molecule has 2 N–H and O–H groups in total. The number of benzene rings is 2. The molecule has 1 heterocycles. The molecule has 0 spiro atoms. The summed E-state index contributed by atoms with van der Waals surface area (Å²) >= 11 is 0. The molecule has 8 heteroatoms. The van der Waals surface area contributed by atoms with Gasteiger partial charge in [-0.3, -0.25) is 14.7 Å². The standard InChI is InChI=1S/C24H28N2O6/c1-24(2,3)32-23(30)26-12-19(25-22(26)15-8-6-5-7-9-15)21(29)16-10-17(13-27)18(14-28)20(11-16)31-4/h5-11,19,27-28H,12-14H2,1-4H3. The van der Waals surface area contributed by atoms with Crippen molar-refractivity contribution in [1.29, 1.82) is 0 Å². The first-order chi connectivity index (χ1) is 15.2. The summed E-state index contributed by atoms with van der Waals surface area (Å²) in [5, 5.41) is 19.3. The lowest BCUT2D eigenvalue weighted by atomic mass is 9.98. The summed E-state index contributed by atoms with van der Waals surface area (Å²) in [5.41, 5.74) is 1.07. The molecule has 32 heavy (non-hydrogen) atoms. The van der Waals surface area contributed by atoms with Crippen LogP contribution < -0.4 is 4.74 Å². The molecule has 1 amide bonds. The SMILES string of the molecule is COc1cc(C(=O)C2CN(C(=O)OC(C)(C)C)C(c3ccccc3)=N2)cc(CO)c1CO. The Bertz CT molecular complexity index is 1000. The first kappa shape index (κ1) is 23.4. The van der Waals surface area contributed by atoms with E-state index in [1.54, 1.807) is 20.8 Å². The van der Waals surface area contributed by atoms with E-state index in [0.717, 1.165) is 0 Å². The van der Waals surface area contributed by atoms with Crippen LogP contribution in [0.25, 0.3) is 0 Å². The highest BCUT2D eigenvalue weighted by molar-refractivity contribution is 6.11. The van der Waals surface area contributed by atoms with Crippen molar-refractivity contribution < 1.29 is 29.3 Å². The molecule has 1 aliphatic heterocycles. The van der Waals surface area contributed by atoms with E-state index in [4.69, 9.17) is 9.47 Å². The Balaban J connectivity index is 1.98. The number of aliphatic hydroxyl groups is 2. The van der Waals surface area contributed by atoms with Gasteiger partial charge in [-0.05, 0) is 38.5 Å². The smallest absolute Gasteiger partial charge is 0.416 e. The Hall–Kier alpha value is -3.23. The van der Waals surface area contributed by atoms with Crippen LogP contribution in [0.15, 0.2) is 47.5 Å². The molecule has 0 saturated heterocycles. The normalized spacial score (nSPS) is 16.0. The molecular formula is C24H28N2O6. The number of hydrogen-bond acceptors (Lipinski definition) is 7. The summed E-state index contributed by atoms with van der Waals surface area (Å²) in [4.78, 5) is 32.1. The predicted octanol–water partition coefficient (Wildman–Crippen LogP) is 2.93. The molecule has 3 rings (SSSR count). The minimum atomic E-state index is -0.853. The number of aliphatic hydroxyl groups excluding tert-OH is 2. The minimum absolute atomic E-state index is 0.0243. The summed E-state index contributed by atoms with van der Waals surface area (Å²) in [6.07, 6.45) is -0.584. The van der Waals surface area contributed by atoms with E-state index in [-0.39, 0.29) is 31.1 Å². The van der Waals surface area contributed by atoms with Gasteiger partial charge in [0.25, 0.3) is 0 Å². The zero-order valence-electron chi connectivity index (χ0n) is 18.7. The Morgan fingerprint density at radius 3 is 2.38 bits per heavy atom. The van der Waals surface area contributed by atoms with Gasteiger partial charge in [-0.15, -0.1) is 0 Å². The number of nitrogens with zero attached hydrogens (tertiary/aromatic N) is 2. The molecule has 0 aromatic heterocycles. The van der Waals surface area contributed by atoms with Crippen LogP contribution in [0.5, 0.6) is 5.75 Å². The van der Waals surface area contributed by atoms with Crippen molar-refractivity contribution in [1.82, 2.24) is 4.90 Å². The topological polar surface area (TPSA) is 109 Å². The number of ketones is 1. The van der Waals surface area contributed by atoms with Crippen LogP contribution in [-0.2, 0) is 18.0 Å². The lowest BCUT2D eigenvalue weighted by molar-refractivity contribution is 0.0378. The fourth-order valence-corrected chi connectivity index (χ4v) is 3.50. The Labute approximate surface area is 187 Å². The number of aliphatic imine (C=N–C) groups is 1. The maximum absolute atomic E-state index is 13.3. The van der Waals surface area contributed by atoms with Crippen LogP contribution in [-0.4, -0.2) is 58.1 Å². The minimum Gasteiger partial charge on any atom is -0.496 e. The second-order valence-electron chi connectivity index (χ2n) is 8.42. The van der Waals surface area contributed by atoms with Crippen LogP contribution in [0, 0.1) is 0 Å². The van der Waals surface area contributed by atoms with E-state index in [9.17, 15) is 19.8 Å². The molecule has 2 aromatic carbocycles. The summed E-state index contributed by atoms with van der Waals surface area (Å²) in [7, 11) is 1.43. The maximum Gasteiger partial charge on any atom is 0.416 e. The first-order valence-corrected chi connectivity index (χ1v) is 10.3. The molecule has 8 nitrogen and oxygen atoms in total. The van der Waals surface area contributed by atoms with E-state index < -0.39 is 17.7 Å². The van der Waals surface area contributed by atoms with Gasteiger partial charge in [-0.25, -0.2) is 4.79 Å². The predicted molar refractivity (Wildman–Crippen MR) is 119 cm³/mol. The number of rotatable bonds is 6. The van der Waals surface area contributed by atoms with Crippen molar-refractivity contribution in [3.63, 3.8) is 0 Å². The van der Waals surface area contributed by atoms with E-state index in [2.05, 4.69) is 4.99 Å². The number of amidine groups is 1. The second-order valence-corrected chi connectivity index (χ2v) is 8.42. The van der Waals surface area contributed by atoms with Gasteiger partial charge in [-0.1, -0.05) is 30.3 Å². The highest BCUT2D eigenvalue weighted by Crippen LogP contribution is 2.28. The third-order valence-electron chi connectivity index (χ3n) is 4.97. The van der Waals surface area contributed by atoms with Crippen molar-refractivity contribution in [2.75, 3.05) is 13.7 Å². The fourth-order valence-electron chi connectivity index (χ4n) is 3.50. The highest BCUT2D eigenvalue weighted by atomic mass is 16.6. The van der Waals surface area contributed by atoms with Gasteiger partial charge in [0.1, 0.15) is 23.2 Å². The van der Waals surface area contributed by atoms with Crippen molar-refractivity contribution in [3.05, 3.63) is 64.7 Å². The largest absolute Gasteiger partial charge is 0.496 e. The summed E-state index contributed by atoms with van der Waals surface area (Å²) in [5.74, 6) is 0.332. The number of carbonyl (C=O) groups is 2. The number of Topliss-reactive ketones (excluding diaryl/α,β-unsaturated/α-hetero) is 1.